The number of rotatable bonds is 4. The van der Waals surface area contributed by atoms with E-state index in [2.05, 4.69) is 10.5 Å². The Bertz CT molecular complexity index is 506. The van der Waals surface area contributed by atoms with Crippen LogP contribution in [-0.4, -0.2) is 18.7 Å². The van der Waals surface area contributed by atoms with Crippen molar-refractivity contribution in [2.24, 2.45) is 10.8 Å². The molecule has 0 aliphatic rings. The first-order chi connectivity index (χ1) is 8.10. The van der Waals surface area contributed by atoms with E-state index in [4.69, 9.17) is 32.7 Å². The summed E-state index contributed by atoms with van der Waals surface area (Å²) in [5.74, 6) is -0.0141. The SMILES string of the molecule is COc1c(Cl)cccc1N/N=C(\C#N)C(=N)N. The summed E-state index contributed by atoms with van der Waals surface area (Å²) >= 11 is 5.90. The molecule has 0 radical (unpaired) electrons. The molecule has 1 aromatic rings. The second-order valence-corrected chi connectivity index (χ2v) is 3.33. The molecule has 0 aliphatic heterocycles. The molecule has 0 aromatic heterocycles. The number of benzene rings is 1. The highest BCUT2D eigenvalue weighted by Gasteiger charge is 2.07. The van der Waals surface area contributed by atoms with Gasteiger partial charge in [-0.3, -0.25) is 10.8 Å². The molecule has 0 fully saturated rings. The topological polar surface area (TPSA) is 107 Å². The van der Waals surface area contributed by atoms with Gasteiger partial charge in [0, 0.05) is 0 Å². The minimum Gasteiger partial charge on any atom is -0.493 e. The summed E-state index contributed by atoms with van der Waals surface area (Å²) in [6.45, 7) is 0. The molecule has 0 heterocycles. The first-order valence-corrected chi connectivity index (χ1v) is 4.88. The molecule has 88 valence electrons. The van der Waals surface area contributed by atoms with E-state index >= 15 is 0 Å². The van der Waals surface area contributed by atoms with Crippen molar-refractivity contribution in [1.29, 1.82) is 10.7 Å². The minimum absolute atomic E-state index is 0.216. The lowest BCUT2D eigenvalue weighted by atomic mass is 10.3. The van der Waals surface area contributed by atoms with Gasteiger partial charge in [0.15, 0.2) is 11.6 Å². The van der Waals surface area contributed by atoms with Gasteiger partial charge in [-0.1, -0.05) is 17.7 Å². The monoisotopic (exact) mass is 251 g/mol. The molecule has 7 heteroatoms. The molecule has 0 spiro atoms. The van der Waals surface area contributed by atoms with E-state index in [9.17, 15) is 0 Å². The molecule has 1 aromatic carbocycles. The number of nitrogens with zero attached hydrogens (tertiary/aromatic N) is 2. The normalized spacial score (nSPS) is 10.5. The molecule has 0 atom stereocenters. The van der Waals surface area contributed by atoms with Crippen molar-refractivity contribution in [3.05, 3.63) is 23.2 Å². The first kappa shape index (κ1) is 12.8. The molecular formula is C10H10ClN5O. The van der Waals surface area contributed by atoms with Gasteiger partial charge in [0.1, 0.15) is 6.07 Å². The van der Waals surface area contributed by atoms with E-state index in [-0.39, 0.29) is 5.71 Å². The van der Waals surface area contributed by atoms with Gasteiger partial charge in [-0.05, 0) is 12.1 Å². The van der Waals surface area contributed by atoms with Crippen molar-refractivity contribution in [2.75, 3.05) is 12.5 Å². The highest BCUT2D eigenvalue weighted by Crippen LogP contribution is 2.32. The van der Waals surface area contributed by atoms with E-state index < -0.39 is 5.84 Å². The third kappa shape index (κ3) is 3.09. The molecule has 1 rings (SSSR count). The molecule has 0 bridgehead atoms. The number of ether oxygens (including phenoxy) is 1. The smallest absolute Gasteiger partial charge is 0.201 e. The van der Waals surface area contributed by atoms with E-state index in [1.165, 1.54) is 7.11 Å². The predicted octanol–water partition coefficient (Wildman–Crippen LogP) is 1.58. The molecule has 0 saturated heterocycles. The van der Waals surface area contributed by atoms with Crippen LogP contribution >= 0.6 is 11.6 Å². The van der Waals surface area contributed by atoms with Gasteiger partial charge < -0.3 is 10.5 Å². The molecule has 4 N–H and O–H groups in total. The molecule has 0 amide bonds. The third-order valence-corrected chi connectivity index (χ3v) is 2.12. The second-order valence-electron chi connectivity index (χ2n) is 2.92. The van der Waals surface area contributed by atoms with Crippen molar-refractivity contribution >= 4 is 28.8 Å². The average molecular weight is 252 g/mol. The second kappa shape index (κ2) is 5.72. The average Bonchev–Trinajstić information content (AvgIpc) is 2.29. The van der Waals surface area contributed by atoms with E-state index in [0.717, 1.165) is 0 Å². The summed E-state index contributed by atoms with van der Waals surface area (Å²) < 4.78 is 5.07. The zero-order valence-corrected chi connectivity index (χ0v) is 9.75. The first-order valence-electron chi connectivity index (χ1n) is 4.50. The summed E-state index contributed by atoms with van der Waals surface area (Å²) in [6.07, 6.45) is 0. The fourth-order valence-electron chi connectivity index (χ4n) is 1.07. The highest BCUT2D eigenvalue weighted by molar-refractivity contribution is 6.45. The number of para-hydroxylation sites is 1. The van der Waals surface area contributed by atoms with Crippen LogP contribution in [0.3, 0.4) is 0 Å². The maximum Gasteiger partial charge on any atom is 0.201 e. The lowest BCUT2D eigenvalue weighted by molar-refractivity contribution is 0.417. The van der Waals surface area contributed by atoms with Crippen molar-refractivity contribution in [3.8, 4) is 11.8 Å². The Kier molecular flexibility index (Phi) is 4.31. The molecule has 17 heavy (non-hydrogen) atoms. The van der Waals surface area contributed by atoms with Crippen LogP contribution < -0.4 is 15.9 Å². The van der Waals surface area contributed by atoms with Gasteiger partial charge in [0.25, 0.3) is 0 Å². The fourth-order valence-corrected chi connectivity index (χ4v) is 1.32. The summed E-state index contributed by atoms with van der Waals surface area (Å²) in [7, 11) is 1.46. The summed E-state index contributed by atoms with van der Waals surface area (Å²) in [4.78, 5) is 0. The molecule has 0 unspecified atom stereocenters. The number of nitrogens with one attached hydrogen (secondary N) is 2. The number of hydrogen-bond acceptors (Lipinski definition) is 5. The zero-order valence-electron chi connectivity index (χ0n) is 8.99. The number of amidine groups is 1. The van der Waals surface area contributed by atoms with E-state index in [1.54, 1.807) is 24.3 Å². The number of hydrogen-bond donors (Lipinski definition) is 3. The van der Waals surface area contributed by atoms with Crippen LogP contribution in [0, 0.1) is 16.7 Å². The van der Waals surface area contributed by atoms with Gasteiger partial charge >= 0.3 is 0 Å². The number of nitriles is 1. The molecule has 0 saturated carbocycles. The van der Waals surface area contributed by atoms with Crippen LogP contribution in [0.2, 0.25) is 5.02 Å². The van der Waals surface area contributed by atoms with Crippen molar-refractivity contribution in [1.82, 2.24) is 0 Å². The van der Waals surface area contributed by atoms with Gasteiger partial charge in [-0.15, -0.1) is 0 Å². The lowest BCUT2D eigenvalue weighted by Crippen LogP contribution is -2.21. The number of nitrogens with two attached hydrogens (primary N) is 1. The maximum absolute atomic E-state index is 8.66. The number of methoxy groups -OCH3 is 1. The van der Waals surface area contributed by atoms with Crippen molar-refractivity contribution in [2.45, 2.75) is 0 Å². The third-order valence-electron chi connectivity index (χ3n) is 1.82. The highest BCUT2D eigenvalue weighted by atomic mass is 35.5. The van der Waals surface area contributed by atoms with E-state index in [1.807, 2.05) is 0 Å². The Labute approximate surface area is 103 Å². The quantitative estimate of drug-likeness (QED) is 0.429. The van der Waals surface area contributed by atoms with Gasteiger partial charge in [-0.25, -0.2) is 0 Å². The lowest BCUT2D eigenvalue weighted by Gasteiger charge is -2.09. The summed E-state index contributed by atoms with van der Waals surface area (Å²) in [5.41, 5.74) is 7.98. The number of anilines is 1. The zero-order chi connectivity index (χ0) is 12.8. The van der Waals surface area contributed by atoms with Crippen LogP contribution in [-0.2, 0) is 0 Å². The Morgan fingerprint density at radius 3 is 2.88 bits per heavy atom. The molecule has 6 nitrogen and oxygen atoms in total. The van der Waals surface area contributed by atoms with Gasteiger partial charge in [0.05, 0.1) is 17.8 Å². The summed E-state index contributed by atoms with van der Waals surface area (Å²) in [6, 6.07) is 6.71. The van der Waals surface area contributed by atoms with Gasteiger partial charge in [-0.2, -0.15) is 10.4 Å². The minimum atomic E-state index is -0.416. The van der Waals surface area contributed by atoms with Crippen LogP contribution in [0.5, 0.6) is 5.75 Å². The Morgan fingerprint density at radius 1 is 1.65 bits per heavy atom. The van der Waals surface area contributed by atoms with E-state index in [0.29, 0.717) is 16.5 Å². The fraction of sp³-hybridized carbons (Fsp3) is 0.100. The molecule has 0 aliphatic carbocycles. The van der Waals surface area contributed by atoms with Crippen molar-refractivity contribution < 1.29 is 4.74 Å². The summed E-state index contributed by atoms with van der Waals surface area (Å²) in [5, 5.41) is 19.8. The van der Waals surface area contributed by atoms with Crippen LogP contribution in [0.4, 0.5) is 5.69 Å². The van der Waals surface area contributed by atoms with Gasteiger partial charge in [0.2, 0.25) is 5.71 Å². The van der Waals surface area contributed by atoms with Crippen LogP contribution in [0.25, 0.3) is 0 Å². The Hall–Kier alpha value is -2.26. The maximum atomic E-state index is 8.66. The number of hydrazone groups is 1. The van der Waals surface area contributed by atoms with Crippen molar-refractivity contribution in [3.63, 3.8) is 0 Å². The molecular weight excluding hydrogens is 242 g/mol. The Balaban J connectivity index is 3.01. The Morgan fingerprint density at radius 2 is 2.35 bits per heavy atom. The van der Waals surface area contributed by atoms with Crippen LogP contribution in [0.1, 0.15) is 0 Å². The largest absolute Gasteiger partial charge is 0.493 e. The number of halogens is 1. The predicted molar refractivity (Wildman–Crippen MR) is 66.6 cm³/mol. The van der Waals surface area contributed by atoms with Crippen LogP contribution in [0.15, 0.2) is 23.3 Å². The standard InChI is InChI=1S/C10H10ClN5O/c1-17-9-6(11)3-2-4-7(9)15-16-8(5-12)10(13)14/h2-4,15H,1H3,(H3,13,14)/b16-8+.